The zero-order valence-electron chi connectivity index (χ0n) is 9.60. The van der Waals surface area contributed by atoms with Crippen molar-refractivity contribution < 1.29 is 4.74 Å². The fourth-order valence-corrected chi connectivity index (χ4v) is 2.26. The SMILES string of the molecule is CCSC(=S)N[C@H](C)COc1ccccc1. The highest BCUT2D eigenvalue weighted by atomic mass is 32.2. The lowest BCUT2D eigenvalue weighted by atomic mass is 10.3. The number of para-hydroxylation sites is 1. The van der Waals surface area contributed by atoms with Crippen LogP contribution in [0.1, 0.15) is 13.8 Å². The number of thioether (sulfide) groups is 1. The molecule has 16 heavy (non-hydrogen) atoms. The summed E-state index contributed by atoms with van der Waals surface area (Å²) in [5.74, 6) is 1.89. The first-order valence-electron chi connectivity index (χ1n) is 5.33. The van der Waals surface area contributed by atoms with E-state index in [4.69, 9.17) is 17.0 Å². The number of nitrogens with one attached hydrogen (secondary N) is 1. The average Bonchev–Trinajstić information content (AvgIpc) is 2.28. The van der Waals surface area contributed by atoms with Gasteiger partial charge < -0.3 is 10.1 Å². The van der Waals surface area contributed by atoms with E-state index in [9.17, 15) is 0 Å². The van der Waals surface area contributed by atoms with Crippen molar-refractivity contribution in [3.05, 3.63) is 30.3 Å². The van der Waals surface area contributed by atoms with Gasteiger partial charge in [0.1, 0.15) is 16.7 Å². The van der Waals surface area contributed by atoms with E-state index >= 15 is 0 Å². The number of benzene rings is 1. The first kappa shape index (κ1) is 13.3. The van der Waals surface area contributed by atoms with Crippen LogP contribution in [0.2, 0.25) is 0 Å². The van der Waals surface area contributed by atoms with E-state index in [1.165, 1.54) is 0 Å². The lowest BCUT2D eigenvalue weighted by molar-refractivity contribution is 0.287. The van der Waals surface area contributed by atoms with Crippen LogP contribution in [0.5, 0.6) is 5.75 Å². The number of ether oxygens (including phenoxy) is 1. The van der Waals surface area contributed by atoms with Gasteiger partial charge in [0.25, 0.3) is 0 Å². The van der Waals surface area contributed by atoms with Gasteiger partial charge in [-0.1, -0.05) is 49.1 Å². The van der Waals surface area contributed by atoms with Crippen LogP contribution in [-0.4, -0.2) is 22.7 Å². The maximum atomic E-state index is 5.62. The van der Waals surface area contributed by atoms with E-state index < -0.39 is 0 Å². The maximum Gasteiger partial charge on any atom is 0.134 e. The summed E-state index contributed by atoms with van der Waals surface area (Å²) in [6, 6.07) is 10.0. The van der Waals surface area contributed by atoms with E-state index in [1.54, 1.807) is 11.8 Å². The number of thiocarbonyl (C=S) groups is 1. The molecule has 0 aliphatic carbocycles. The van der Waals surface area contributed by atoms with Crippen molar-refractivity contribution in [3.8, 4) is 5.75 Å². The van der Waals surface area contributed by atoms with Crippen LogP contribution in [0.3, 0.4) is 0 Å². The second-order valence-corrected chi connectivity index (χ2v) is 5.33. The van der Waals surface area contributed by atoms with Gasteiger partial charge in [0.05, 0.1) is 6.04 Å². The van der Waals surface area contributed by atoms with Gasteiger partial charge in [-0.05, 0) is 24.8 Å². The van der Waals surface area contributed by atoms with Gasteiger partial charge in [0.2, 0.25) is 0 Å². The Morgan fingerprint density at radius 1 is 1.44 bits per heavy atom. The molecule has 0 aliphatic heterocycles. The highest BCUT2D eigenvalue weighted by Crippen LogP contribution is 2.09. The Morgan fingerprint density at radius 3 is 2.75 bits per heavy atom. The molecule has 2 nitrogen and oxygen atoms in total. The lowest BCUT2D eigenvalue weighted by Gasteiger charge is -2.15. The molecular formula is C12H17NOS2. The third-order valence-electron chi connectivity index (χ3n) is 1.88. The second kappa shape index (κ2) is 7.52. The molecule has 0 bridgehead atoms. The first-order chi connectivity index (χ1) is 7.72. The molecule has 1 aromatic carbocycles. The minimum atomic E-state index is 0.228. The molecule has 1 N–H and O–H groups in total. The van der Waals surface area contributed by atoms with Crippen molar-refractivity contribution in [2.45, 2.75) is 19.9 Å². The molecule has 0 heterocycles. The van der Waals surface area contributed by atoms with Gasteiger partial charge in [-0.3, -0.25) is 0 Å². The van der Waals surface area contributed by atoms with Gasteiger partial charge in [-0.25, -0.2) is 0 Å². The van der Waals surface area contributed by atoms with E-state index in [0.29, 0.717) is 6.61 Å². The Hall–Kier alpha value is -0.740. The molecule has 0 unspecified atom stereocenters. The summed E-state index contributed by atoms with van der Waals surface area (Å²) in [6.45, 7) is 4.77. The van der Waals surface area contributed by atoms with Crippen LogP contribution in [0.4, 0.5) is 0 Å². The molecule has 0 amide bonds. The predicted octanol–water partition coefficient (Wildman–Crippen LogP) is 3.08. The Kier molecular flexibility index (Phi) is 6.26. The van der Waals surface area contributed by atoms with Gasteiger partial charge in [-0.2, -0.15) is 0 Å². The van der Waals surface area contributed by atoms with Crippen molar-refractivity contribution in [3.63, 3.8) is 0 Å². The van der Waals surface area contributed by atoms with Crippen LogP contribution in [0.15, 0.2) is 30.3 Å². The van der Waals surface area contributed by atoms with Crippen LogP contribution < -0.4 is 10.1 Å². The van der Waals surface area contributed by atoms with E-state index in [2.05, 4.69) is 19.2 Å². The molecule has 0 saturated heterocycles. The molecule has 0 aliphatic rings. The standard InChI is InChI=1S/C12H17NOS2/c1-3-16-12(15)13-10(2)9-14-11-7-5-4-6-8-11/h4-8,10H,3,9H2,1-2H3,(H,13,15)/t10-/m1/s1. The lowest BCUT2D eigenvalue weighted by Crippen LogP contribution is -2.34. The van der Waals surface area contributed by atoms with Gasteiger partial charge in [0, 0.05) is 0 Å². The van der Waals surface area contributed by atoms with Gasteiger partial charge >= 0.3 is 0 Å². The predicted molar refractivity (Wildman–Crippen MR) is 75.3 cm³/mol. The molecule has 1 atom stereocenters. The van der Waals surface area contributed by atoms with Gasteiger partial charge in [0.15, 0.2) is 0 Å². The Bertz CT molecular complexity index is 316. The van der Waals surface area contributed by atoms with Crippen molar-refractivity contribution in [1.82, 2.24) is 5.32 Å². The summed E-state index contributed by atoms with van der Waals surface area (Å²) in [5.41, 5.74) is 0. The maximum absolute atomic E-state index is 5.62. The summed E-state index contributed by atoms with van der Waals surface area (Å²) in [4.78, 5) is 0. The van der Waals surface area contributed by atoms with Crippen molar-refractivity contribution >= 4 is 28.3 Å². The summed E-state index contributed by atoms with van der Waals surface area (Å²) >= 11 is 6.80. The van der Waals surface area contributed by atoms with Crippen molar-refractivity contribution in [2.24, 2.45) is 0 Å². The number of hydrogen-bond donors (Lipinski definition) is 1. The summed E-state index contributed by atoms with van der Waals surface area (Å²) < 4.78 is 6.45. The van der Waals surface area contributed by atoms with Gasteiger partial charge in [-0.15, -0.1) is 0 Å². The Morgan fingerprint density at radius 2 is 2.12 bits per heavy atom. The largest absolute Gasteiger partial charge is 0.491 e. The van der Waals surface area contributed by atoms with Crippen molar-refractivity contribution in [1.29, 1.82) is 0 Å². The molecule has 0 fully saturated rings. The highest BCUT2D eigenvalue weighted by molar-refractivity contribution is 8.22. The third-order valence-corrected chi connectivity index (χ3v) is 3.02. The van der Waals surface area contributed by atoms with Crippen LogP contribution in [0, 0.1) is 0 Å². The quantitative estimate of drug-likeness (QED) is 0.816. The number of hydrogen-bond acceptors (Lipinski definition) is 3. The summed E-state index contributed by atoms with van der Waals surface area (Å²) in [6.07, 6.45) is 0. The highest BCUT2D eigenvalue weighted by Gasteiger charge is 2.04. The summed E-state index contributed by atoms with van der Waals surface area (Å²) in [7, 11) is 0. The zero-order valence-corrected chi connectivity index (χ0v) is 11.2. The molecule has 0 saturated carbocycles. The Balaban J connectivity index is 2.25. The molecular weight excluding hydrogens is 238 g/mol. The molecule has 1 aromatic rings. The topological polar surface area (TPSA) is 21.3 Å². The molecule has 1 rings (SSSR count). The minimum absolute atomic E-state index is 0.228. The monoisotopic (exact) mass is 255 g/mol. The Labute approximate surface area is 107 Å². The molecule has 0 aromatic heterocycles. The minimum Gasteiger partial charge on any atom is -0.491 e. The molecule has 4 heteroatoms. The average molecular weight is 255 g/mol. The third kappa shape index (κ3) is 5.37. The van der Waals surface area contributed by atoms with Crippen LogP contribution >= 0.6 is 24.0 Å². The fraction of sp³-hybridized carbons (Fsp3) is 0.417. The second-order valence-electron chi connectivity index (χ2n) is 3.39. The van der Waals surface area contributed by atoms with Crippen molar-refractivity contribution in [2.75, 3.05) is 12.4 Å². The van der Waals surface area contributed by atoms with Crippen LogP contribution in [0.25, 0.3) is 0 Å². The fourth-order valence-electron chi connectivity index (χ4n) is 1.15. The number of rotatable bonds is 5. The smallest absolute Gasteiger partial charge is 0.134 e. The first-order valence-corrected chi connectivity index (χ1v) is 6.73. The molecule has 0 spiro atoms. The van der Waals surface area contributed by atoms with Crippen LogP contribution in [-0.2, 0) is 0 Å². The molecule has 0 radical (unpaired) electrons. The van der Waals surface area contributed by atoms with E-state index in [-0.39, 0.29) is 6.04 Å². The zero-order chi connectivity index (χ0) is 11.8. The summed E-state index contributed by atoms with van der Waals surface area (Å²) in [5, 5.41) is 3.22. The van der Waals surface area contributed by atoms with E-state index in [0.717, 1.165) is 15.8 Å². The van der Waals surface area contributed by atoms with E-state index in [1.807, 2.05) is 30.3 Å². The normalized spacial score (nSPS) is 11.9. The molecule has 88 valence electrons.